The number of amidine groups is 1. The number of nitrogen functional groups attached to an aromatic ring is 1. The van der Waals surface area contributed by atoms with E-state index in [9.17, 15) is 51.5 Å². The molecule has 2 aliphatic heterocycles. The monoisotopic (exact) mass is 1830 g/mol. The summed E-state index contributed by atoms with van der Waals surface area (Å²) < 4.78 is 62.3. The van der Waals surface area contributed by atoms with Gasteiger partial charge in [-0.2, -0.15) is 13.2 Å². The van der Waals surface area contributed by atoms with E-state index in [1.165, 1.54) is 17.8 Å². The largest absolute Gasteiger partial charge is 0.491 e. The van der Waals surface area contributed by atoms with Gasteiger partial charge in [-0.1, -0.05) is 204 Å². The fourth-order valence-corrected chi connectivity index (χ4v) is 14.6. The quantitative estimate of drug-likeness (QED) is 0.00977. The van der Waals surface area contributed by atoms with Crippen LogP contribution in [-0.4, -0.2) is 121 Å². The molecule has 22 nitrogen and oxygen atoms in total. The molecule has 0 spiro atoms. The number of amides is 5. The van der Waals surface area contributed by atoms with Crippen LogP contribution in [-0.2, 0) is 68.9 Å². The van der Waals surface area contributed by atoms with Crippen LogP contribution in [0.1, 0.15) is 226 Å². The Morgan fingerprint density at radius 3 is 1.72 bits per heavy atom. The number of halogens is 6. The number of hydrogen-bond donors (Lipinski definition) is 4. The summed E-state index contributed by atoms with van der Waals surface area (Å²) in [4.78, 5) is 117. The Morgan fingerprint density at radius 2 is 1.14 bits per heavy atom. The molecule has 4 heterocycles. The number of hydrogen-bond acceptors (Lipinski definition) is 17. The van der Waals surface area contributed by atoms with E-state index >= 15 is 0 Å². The molecular weight excluding hydrogens is 1720 g/mol. The highest BCUT2D eigenvalue weighted by molar-refractivity contribution is 6.31. The number of ketones is 4. The van der Waals surface area contributed by atoms with Gasteiger partial charge in [0.25, 0.3) is 0 Å². The Bertz CT molecular complexity index is 5480. The van der Waals surface area contributed by atoms with Crippen LogP contribution in [0.4, 0.5) is 28.4 Å². The number of para-hydroxylation sites is 1. The van der Waals surface area contributed by atoms with Crippen LogP contribution >= 0.6 is 34.8 Å². The van der Waals surface area contributed by atoms with E-state index in [0.717, 1.165) is 76.9 Å². The Kier molecular flexibility index (Phi) is 38.6. The molecule has 28 heteroatoms. The standard InChI is InChI=1S/C34H38Cl2N4O4.C25H21ClF3NO3.C25H27N3O3.C18H27NO3/c1-21(2)43-28-14-15-29(30(20-28)44-22(3)4)33-37-31(24-6-10-26(35)11-7-24)32(25-8-12-27(36)13-9-25)40(33)34(42)39-18-16-38(17-19-39)23(5)41;1-15(2)24(32)23-14-20(9-10-30-23)33-19-6-3-16(4-7-19)11-18(31)12-17-5-8-22(26)21(13-17)25(27,28)29;1-17(2)23-12-9-19(15-27-23)16-31-25(30)28-14-18-7-10-20(11-8-18)24(29)13-21-5-3-4-6-22(21)26;1-14(2)16-11-9-15(10-12-16)13-17(20)7-5-3-4-6-8-18(21)19-22/h6-15,20-22,31-32H,16-19H2,1-5H3;3-10,13-15H,11-12H2,1-2H3;3-12,15,17H,13-14,16,26H2,1-2H3,(H,28,30);9-12,14,22H,3-8,13H2,1-2H3,(H,19,21). The third-order valence-corrected chi connectivity index (χ3v) is 22.0. The molecule has 5 N–H and O–H groups in total. The zero-order valence-electron chi connectivity index (χ0n) is 75.0. The van der Waals surface area contributed by atoms with Crippen molar-refractivity contribution in [3.05, 3.63) is 312 Å². The molecule has 2 aromatic heterocycles. The Balaban J connectivity index is 0.000000201. The summed E-state index contributed by atoms with van der Waals surface area (Å²) in [5, 5.41) is 11.9. The maximum Gasteiger partial charge on any atom is 0.417 e. The van der Waals surface area contributed by atoms with Crippen LogP contribution in [0.2, 0.25) is 15.1 Å². The van der Waals surface area contributed by atoms with Gasteiger partial charge >= 0.3 is 18.3 Å². The minimum atomic E-state index is -4.58. The second-order valence-electron chi connectivity index (χ2n) is 33.2. The SMILES string of the molecule is CC(=O)N1CCN(C(=O)N2C(c3ccc(OC(C)C)cc3OC(C)C)=NC(c3ccc(Cl)cc3)C2c2ccc(Cl)cc2)CC1.CC(C)C(=O)c1cc(Oc2ccc(CC(=O)Cc3ccc(Cl)c(C(F)(F)F)c3)cc2)ccn1.CC(C)c1ccc(CC(=O)CCCCCCC(=O)NO)cc1.CC(C)c1ccc(COC(=O)NCc2ccc(C(=O)Cc3ccccc3N)cc2)cn1. The topological polar surface area (TPSA) is 292 Å². The second-order valence-corrected chi connectivity index (χ2v) is 34.4. The van der Waals surface area contributed by atoms with Crippen LogP contribution in [0.25, 0.3) is 0 Å². The molecule has 8 aromatic carbocycles. The summed E-state index contributed by atoms with van der Waals surface area (Å²) >= 11 is 18.2. The molecule has 5 amide bonds. The average Bonchev–Trinajstić information content (AvgIpc) is 1.59. The maximum atomic E-state index is 14.6. The second kappa shape index (κ2) is 49.5. The minimum absolute atomic E-state index is 0.00143. The van der Waals surface area contributed by atoms with Gasteiger partial charge in [0, 0.05) is 141 Å². The average molecular weight is 1840 g/mol. The van der Waals surface area contributed by atoms with Crippen LogP contribution in [0, 0.1) is 5.92 Å². The number of Topliss-reactive ketones (excluding diaryl/α,β-unsaturated/α-hetero) is 4. The van der Waals surface area contributed by atoms with Gasteiger partial charge in [0.15, 0.2) is 11.6 Å². The summed E-state index contributed by atoms with van der Waals surface area (Å²) in [6.07, 6.45) is 3.06. The number of aromatic nitrogens is 2. The molecule has 0 bridgehead atoms. The molecule has 0 radical (unpaired) electrons. The first-order valence-electron chi connectivity index (χ1n) is 43.4. The number of pyridine rings is 2. The van der Waals surface area contributed by atoms with Gasteiger partial charge in [-0.25, -0.2) is 15.1 Å². The van der Waals surface area contributed by atoms with E-state index in [4.69, 9.17) is 69.7 Å². The molecule has 2 atom stereocenters. The van der Waals surface area contributed by atoms with Crippen molar-refractivity contribution in [2.45, 2.75) is 196 Å². The third-order valence-electron chi connectivity index (χ3n) is 21.1. The Labute approximate surface area is 773 Å². The summed E-state index contributed by atoms with van der Waals surface area (Å²) in [5.41, 5.74) is 17.4. The number of piperazine rings is 1. The first-order chi connectivity index (χ1) is 62.0. The Morgan fingerprint density at radius 1 is 0.562 bits per heavy atom. The van der Waals surface area contributed by atoms with E-state index in [-0.39, 0.29) is 90.5 Å². The molecule has 10 aromatic rings. The maximum absolute atomic E-state index is 14.6. The predicted octanol–water partition coefficient (Wildman–Crippen LogP) is 22.5. The number of alkyl carbamates (subject to hydrolysis) is 1. The molecule has 0 saturated carbocycles. The van der Waals surface area contributed by atoms with E-state index in [2.05, 4.69) is 55.1 Å². The lowest BCUT2D eigenvalue weighted by Gasteiger charge is -2.39. The first kappa shape index (κ1) is 101. The number of nitrogens with two attached hydrogens (primary N) is 1. The van der Waals surface area contributed by atoms with E-state index in [1.54, 1.807) is 102 Å². The molecule has 0 aliphatic carbocycles. The molecule has 12 rings (SSSR count). The number of benzene rings is 8. The van der Waals surface area contributed by atoms with E-state index < -0.39 is 34.9 Å². The zero-order chi connectivity index (χ0) is 94.3. The number of carbonyl (C=O) groups excluding carboxylic acids is 8. The van der Waals surface area contributed by atoms with Gasteiger partial charge in [0.2, 0.25) is 11.8 Å². The third kappa shape index (κ3) is 31.5. The fraction of sp³-hybridized carbons (Fsp3) is 0.343. The summed E-state index contributed by atoms with van der Waals surface area (Å²) in [6, 6.07) is 59.7. The first-order valence-corrected chi connectivity index (χ1v) is 44.5. The smallest absolute Gasteiger partial charge is 0.417 e. The van der Waals surface area contributed by atoms with Crippen molar-refractivity contribution in [1.82, 2.24) is 35.5 Å². The van der Waals surface area contributed by atoms with Gasteiger partial charge in [0.1, 0.15) is 58.7 Å². The number of urea groups is 1. The molecule has 686 valence electrons. The van der Waals surface area contributed by atoms with Crippen molar-refractivity contribution in [2.75, 3.05) is 31.9 Å². The van der Waals surface area contributed by atoms with Crippen LogP contribution in [0.5, 0.6) is 23.0 Å². The van der Waals surface area contributed by atoms with Crippen LogP contribution in [0.3, 0.4) is 0 Å². The summed E-state index contributed by atoms with van der Waals surface area (Å²) in [6.45, 7) is 23.7. The number of nitrogens with one attached hydrogen (secondary N) is 2. The number of nitrogens with zero attached hydrogens (tertiary/aromatic N) is 6. The molecule has 1 saturated heterocycles. The highest BCUT2D eigenvalue weighted by atomic mass is 35.5. The van der Waals surface area contributed by atoms with Gasteiger partial charge < -0.3 is 39.8 Å². The van der Waals surface area contributed by atoms with Crippen molar-refractivity contribution in [1.29, 1.82) is 0 Å². The van der Waals surface area contributed by atoms with E-state index in [1.807, 2.05) is 149 Å². The normalized spacial score (nSPS) is 13.6. The highest BCUT2D eigenvalue weighted by Gasteiger charge is 2.45. The van der Waals surface area contributed by atoms with Gasteiger partial charge in [0.05, 0.1) is 34.4 Å². The lowest BCUT2D eigenvalue weighted by molar-refractivity contribution is -0.137. The highest BCUT2D eigenvalue weighted by Crippen LogP contribution is 2.47. The molecule has 2 unspecified atom stereocenters. The fourth-order valence-electron chi connectivity index (χ4n) is 14.1. The zero-order valence-corrected chi connectivity index (χ0v) is 77.3. The lowest BCUT2D eigenvalue weighted by atomic mass is 9.93. The van der Waals surface area contributed by atoms with E-state index in [0.29, 0.717) is 131 Å². The number of anilines is 1. The number of hydroxylamine groups is 1. The minimum Gasteiger partial charge on any atom is -0.491 e. The number of carbonyl (C=O) groups is 8. The summed E-state index contributed by atoms with van der Waals surface area (Å²) in [7, 11) is 0. The van der Waals surface area contributed by atoms with Crippen LogP contribution in [0.15, 0.2) is 224 Å². The Hall–Kier alpha value is -12.3. The molecule has 2 aliphatic rings. The van der Waals surface area contributed by atoms with Crippen molar-refractivity contribution in [3.63, 3.8) is 0 Å². The lowest BCUT2D eigenvalue weighted by Crippen LogP contribution is -2.54. The van der Waals surface area contributed by atoms with Crippen molar-refractivity contribution >= 4 is 93.4 Å². The number of ether oxygens (including phenoxy) is 4. The van der Waals surface area contributed by atoms with Gasteiger partial charge in [-0.3, -0.25) is 53.8 Å². The number of alkyl halides is 3. The summed E-state index contributed by atoms with van der Waals surface area (Å²) in [5.74, 6) is 2.99. The van der Waals surface area contributed by atoms with Crippen molar-refractivity contribution in [3.8, 4) is 23.0 Å². The van der Waals surface area contributed by atoms with Crippen LogP contribution < -0.4 is 30.7 Å². The van der Waals surface area contributed by atoms with Gasteiger partial charge in [-0.15, -0.1) is 0 Å². The van der Waals surface area contributed by atoms with Crippen molar-refractivity contribution < 1.29 is 75.7 Å². The number of aliphatic imine (C=N–C) groups is 1. The predicted molar refractivity (Wildman–Crippen MR) is 500 cm³/mol. The number of unbranched alkanes of at least 4 members (excludes halogenated alkanes) is 3. The van der Waals surface area contributed by atoms with Crippen molar-refractivity contribution in [2.24, 2.45) is 10.9 Å². The molecule has 130 heavy (non-hydrogen) atoms. The molecule has 1 fully saturated rings. The van der Waals surface area contributed by atoms with Gasteiger partial charge in [-0.05, 0) is 176 Å². The number of rotatable bonds is 33. The molecular formula is C102H113Cl3F3N9O13.